The van der Waals surface area contributed by atoms with E-state index in [1.54, 1.807) is 0 Å². The van der Waals surface area contributed by atoms with Gasteiger partial charge in [-0.3, -0.25) is 4.57 Å². The standard InChI is InChI=1S/C41H40N4O/c1-25-26(2)28(4)40(29(5)27(25)3)30-23-43-44(24-30)32-12-11-13-33(21-32)46-34-16-17-36-35-14-9-10-15-37(35)45(38(36)22-34)39-20-31(18-19-42-39)41(6,7)8/h9-24H,1-8H3. The van der Waals surface area contributed by atoms with Gasteiger partial charge in [0, 0.05) is 40.9 Å². The monoisotopic (exact) mass is 604 g/mol. The third-order valence-corrected chi connectivity index (χ3v) is 9.67. The Balaban J connectivity index is 1.26. The molecule has 3 aromatic heterocycles. The van der Waals surface area contributed by atoms with Gasteiger partial charge in [-0.25, -0.2) is 9.67 Å². The van der Waals surface area contributed by atoms with Crippen LogP contribution in [0.2, 0.25) is 0 Å². The Labute approximate surface area is 271 Å². The molecule has 230 valence electrons. The number of pyridine rings is 1. The molecule has 5 nitrogen and oxygen atoms in total. The fraction of sp³-hybridized carbons (Fsp3) is 0.220. The van der Waals surface area contributed by atoms with Gasteiger partial charge < -0.3 is 4.74 Å². The largest absolute Gasteiger partial charge is 0.457 e. The summed E-state index contributed by atoms with van der Waals surface area (Å²) in [4.78, 5) is 4.82. The molecule has 7 rings (SSSR count). The van der Waals surface area contributed by atoms with E-state index in [4.69, 9.17) is 14.8 Å². The molecule has 0 saturated carbocycles. The lowest BCUT2D eigenvalue weighted by Crippen LogP contribution is -2.12. The molecule has 5 heteroatoms. The van der Waals surface area contributed by atoms with Crippen molar-refractivity contribution in [1.29, 1.82) is 0 Å². The Bertz CT molecular complexity index is 2250. The van der Waals surface area contributed by atoms with Crippen LogP contribution in [-0.2, 0) is 5.41 Å². The molecule has 0 unspecified atom stereocenters. The van der Waals surface area contributed by atoms with Crippen LogP contribution >= 0.6 is 0 Å². The maximum atomic E-state index is 6.51. The number of ether oxygens (including phenoxy) is 1. The molecule has 0 bridgehead atoms. The molecule has 0 N–H and O–H groups in total. The van der Waals surface area contributed by atoms with Crippen molar-refractivity contribution in [3.05, 3.63) is 131 Å². The van der Waals surface area contributed by atoms with Gasteiger partial charge in [-0.05, 0) is 121 Å². The number of aromatic nitrogens is 4. The van der Waals surface area contributed by atoms with E-state index in [-0.39, 0.29) is 5.41 Å². The molecule has 0 atom stereocenters. The number of hydrogen-bond donors (Lipinski definition) is 0. The number of benzene rings is 4. The molecule has 0 aliphatic heterocycles. The Hall–Kier alpha value is -5.16. The van der Waals surface area contributed by atoms with Gasteiger partial charge >= 0.3 is 0 Å². The third kappa shape index (κ3) is 4.96. The summed E-state index contributed by atoms with van der Waals surface area (Å²) >= 11 is 0. The van der Waals surface area contributed by atoms with Crippen LogP contribution in [-0.4, -0.2) is 19.3 Å². The number of fused-ring (bicyclic) bond motifs is 3. The summed E-state index contributed by atoms with van der Waals surface area (Å²) in [6.45, 7) is 17.7. The highest BCUT2D eigenvalue weighted by Crippen LogP contribution is 2.37. The molecule has 7 aromatic rings. The fourth-order valence-corrected chi connectivity index (χ4v) is 6.62. The summed E-state index contributed by atoms with van der Waals surface area (Å²) in [5, 5.41) is 7.11. The quantitative estimate of drug-likeness (QED) is 0.196. The van der Waals surface area contributed by atoms with Crippen LogP contribution in [0.15, 0.2) is 97.5 Å². The van der Waals surface area contributed by atoms with Crippen molar-refractivity contribution in [3.63, 3.8) is 0 Å². The molecular weight excluding hydrogens is 564 g/mol. The molecular formula is C41H40N4O. The van der Waals surface area contributed by atoms with E-state index in [9.17, 15) is 0 Å². The van der Waals surface area contributed by atoms with Gasteiger partial charge in [-0.2, -0.15) is 5.10 Å². The van der Waals surface area contributed by atoms with Crippen LogP contribution in [0.5, 0.6) is 11.5 Å². The van der Waals surface area contributed by atoms with E-state index in [0.717, 1.165) is 45.0 Å². The molecule has 0 saturated heterocycles. The number of rotatable bonds is 5. The first-order valence-electron chi connectivity index (χ1n) is 15.9. The van der Waals surface area contributed by atoms with Crippen molar-refractivity contribution in [2.75, 3.05) is 0 Å². The van der Waals surface area contributed by atoms with Crippen molar-refractivity contribution in [2.24, 2.45) is 0 Å². The highest BCUT2D eigenvalue weighted by atomic mass is 16.5. The van der Waals surface area contributed by atoms with Gasteiger partial charge in [0.1, 0.15) is 17.3 Å². The highest BCUT2D eigenvalue weighted by molar-refractivity contribution is 6.09. The van der Waals surface area contributed by atoms with E-state index in [0.29, 0.717) is 0 Å². The summed E-state index contributed by atoms with van der Waals surface area (Å²) in [5.74, 6) is 2.41. The van der Waals surface area contributed by atoms with E-state index >= 15 is 0 Å². The zero-order valence-electron chi connectivity index (χ0n) is 27.9. The second kappa shape index (κ2) is 11.0. The molecule has 0 spiro atoms. The lowest BCUT2D eigenvalue weighted by molar-refractivity contribution is 0.483. The summed E-state index contributed by atoms with van der Waals surface area (Å²) in [7, 11) is 0. The number of nitrogens with zero attached hydrogens (tertiary/aromatic N) is 4. The van der Waals surface area contributed by atoms with Gasteiger partial charge in [0.15, 0.2) is 0 Å². The van der Waals surface area contributed by atoms with Crippen LogP contribution in [0.1, 0.15) is 54.2 Å². The van der Waals surface area contributed by atoms with Crippen LogP contribution in [0.3, 0.4) is 0 Å². The SMILES string of the molecule is Cc1c(C)c(C)c(-c2cnn(-c3cccc(Oc4ccc5c6ccccc6n(-c6cc(C(C)(C)C)ccn6)c5c4)c3)c2)c(C)c1C. The first-order valence-corrected chi connectivity index (χ1v) is 15.9. The van der Waals surface area contributed by atoms with Crippen LogP contribution in [0.25, 0.3) is 44.4 Å². The smallest absolute Gasteiger partial charge is 0.137 e. The molecule has 0 radical (unpaired) electrons. The van der Waals surface area contributed by atoms with E-state index in [1.165, 1.54) is 44.3 Å². The highest BCUT2D eigenvalue weighted by Gasteiger charge is 2.19. The van der Waals surface area contributed by atoms with Gasteiger partial charge in [0.25, 0.3) is 0 Å². The lowest BCUT2D eigenvalue weighted by atomic mass is 9.87. The second-order valence-electron chi connectivity index (χ2n) is 13.5. The van der Waals surface area contributed by atoms with Gasteiger partial charge in [-0.15, -0.1) is 0 Å². The van der Waals surface area contributed by atoms with Crippen molar-refractivity contribution in [1.82, 2.24) is 19.3 Å². The van der Waals surface area contributed by atoms with Gasteiger partial charge in [-0.1, -0.05) is 45.0 Å². The Kier molecular flexibility index (Phi) is 7.08. The summed E-state index contributed by atoms with van der Waals surface area (Å²) < 4.78 is 10.7. The molecule has 0 aliphatic rings. The minimum Gasteiger partial charge on any atom is -0.457 e. The zero-order valence-corrected chi connectivity index (χ0v) is 27.9. The third-order valence-electron chi connectivity index (χ3n) is 9.67. The Morgan fingerprint density at radius 2 is 1.35 bits per heavy atom. The van der Waals surface area contributed by atoms with E-state index in [2.05, 4.69) is 121 Å². The molecule has 0 aliphatic carbocycles. The maximum Gasteiger partial charge on any atom is 0.137 e. The van der Waals surface area contributed by atoms with E-state index in [1.807, 2.05) is 41.3 Å². The lowest BCUT2D eigenvalue weighted by Gasteiger charge is -2.20. The van der Waals surface area contributed by atoms with Crippen molar-refractivity contribution >= 4 is 21.8 Å². The molecule has 0 amide bonds. The molecule has 4 aromatic carbocycles. The van der Waals surface area contributed by atoms with Crippen LogP contribution in [0.4, 0.5) is 0 Å². The number of hydrogen-bond acceptors (Lipinski definition) is 3. The average molecular weight is 605 g/mol. The normalized spacial score (nSPS) is 11.9. The minimum atomic E-state index is 0.0146. The summed E-state index contributed by atoms with van der Waals surface area (Å²) in [6, 6.07) is 27.2. The predicted molar refractivity (Wildman–Crippen MR) is 190 cm³/mol. The Morgan fingerprint density at radius 1 is 0.652 bits per heavy atom. The molecule has 0 fully saturated rings. The van der Waals surface area contributed by atoms with Crippen molar-refractivity contribution in [2.45, 2.75) is 60.8 Å². The topological polar surface area (TPSA) is 44.9 Å². The second-order valence-corrected chi connectivity index (χ2v) is 13.5. The average Bonchev–Trinajstić information content (AvgIpc) is 3.66. The van der Waals surface area contributed by atoms with Crippen LogP contribution in [0, 0.1) is 34.6 Å². The Morgan fingerprint density at radius 3 is 2.11 bits per heavy atom. The first kappa shape index (κ1) is 29.5. The van der Waals surface area contributed by atoms with Crippen LogP contribution < -0.4 is 4.74 Å². The van der Waals surface area contributed by atoms with E-state index < -0.39 is 0 Å². The van der Waals surface area contributed by atoms with Crippen molar-refractivity contribution in [3.8, 4) is 34.1 Å². The minimum absolute atomic E-state index is 0.0146. The molecule has 3 heterocycles. The summed E-state index contributed by atoms with van der Waals surface area (Å²) in [6.07, 6.45) is 5.99. The van der Waals surface area contributed by atoms with Gasteiger partial charge in [0.05, 0.1) is 22.9 Å². The molecule has 46 heavy (non-hydrogen) atoms. The fourth-order valence-electron chi connectivity index (χ4n) is 6.62. The number of para-hydroxylation sites is 1. The first-order chi connectivity index (χ1) is 22.0. The van der Waals surface area contributed by atoms with Gasteiger partial charge in [0.2, 0.25) is 0 Å². The predicted octanol–water partition coefficient (Wildman–Crippen LogP) is 10.7. The maximum absolute atomic E-state index is 6.51. The summed E-state index contributed by atoms with van der Waals surface area (Å²) in [5.41, 5.74) is 13.4. The van der Waals surface area contributed by atoms with Crippen molar-refractivity contribution < 1.29 is 4.74 Å². The zero-order chi connectivity index (χ0) is 32.3.